The first-order chi connectivity index (χ1) is 9.52. The number of piperidine rings is 1. The van der Waals surface area contributed by atoms with E-state index in [0.29, 0.717) is 42.2 Å². The summed E-state index contributed by atoms with van der Waals surface area (Å²) in [6.07, 6.45) is 1.22. The van der Waals surface area contributed by atoms with Crippen LogP contribution in [0.15, 0.2) is 18.2 Å². The van der Waals surface area contributed by atoms with Crippen molar-refractivity contribution in [1.82, 2.24) is 4.90 Å². The molecule has 1 heterocycles. The summed E-state index contributed by atoms with van der Waals surface area (Å²) in [7, 11) is 1.38. The Labute approximate surface area is 122 Å². The molecule has 0 saturated carbocycles. The Bertz CT molecular complexity index is 525. The average molecular weight is 297 g/mol. The molecule has 0 aromatic heterocycles. The number of rotatable bonds is 2. The number of methoxy groups -OCH3 is 1. The number of benzene rings is 1. The zero-order valence-corrected chi connectivity index (χ0v) is 12.0. The molecule has 5 nitrogen and oxygen atoms in total. The summed E-state index contributed by atoms with van der Waals surface area (Å²) in [6, 6.07) is 4.85. The Hall–Kier alpha value is -1.75. The van der Waals surface area contributed by atoms with Gasteiger partial charge in [0.05, 0.1) is 23.6 Å². The molecule has 1 aliphatic heterocycles. The fraction of sp³-hybridized carbons (Fsp3) is 0.429. The van der Waals surface area contributed by atoms with Gasteiger partial charge in [0, 0.05) is 18.8 Å². The predicted molar refractivity (Wildman–Crippen MR) is 76.5 cm³/mol. The van der Waals surface area contributed by atoms with Crippen LogP contribution in [0.25, 0.3) is 0 Å². The Morgan fingerprint density at radius 2 is 2.00 bits per heavy atom. The van der Waals surface area contributed by atoms with Crippen LogP contribution in [0.2, 0.25) is 5.02 Å². The lowest BCUT2D eigenvalue weighted by Crippen LogP contribution is -2.40. The Morgan fingerprint density at radius 1 is 1.35 bits per heavy atom. The number of nitrogen functional groups attached to an aromatic ring is 1. The number of esters is 1. The largest absolute Gasteiger partial charge is 0.469 e. The van der Waals surface area contributed by atoms with E-state index in [1.54, 1.807) is 23.1 Å². The summed E-state index contributed by atoms with van der Waals surface area (Å²) in [6.45, 7) is 1.04. The van der Waals surface area contributed by atoms with Gasteiger partial charge in [0.25, 0.3) is 5.91 Å². The molecule has 1 amide bonds. The molecule has 0 spiro atoms. The average Bonchev–Trinajstić information content (AvgIpc) is 2.48. The molecule has 108 valence electrons. The summed E-state index contributed by atoms with van der Waals surface area (Å²) >= 11 is 6.03. The highest BCUT2D eigenvalue weighted by Crippen LogP contribution is 2.24. The number of hydrogen-bond donors (Lipinski definition) is 1. The monoisotopic (exact) mass is 296 g/mol. The van der Waals surface area contributed by atoms with E-state index in [1.807, 2.05) is 0 Å². The van der Waals surface area contributed by atoms with Crippen molar-refractivity contribution in [1.29, 1.82) is 0 Å². The smallest absolute Gasteiger partial charge is 0.308 e. The van der Waals surface area contributed by atoms with Crippen molar-refractivity contribution in [3.8, 4) is 0 Å². The van der Waals surface area contributed by atoms with Crippen LogP contribution in [-0.4, -0.2) is 37.0 Å². The maximum atomic E-state index is 12.4. The normalized spacial score (nSPS) is 16.0. The van der Waals surface area contributed by atoms with Crippen molar-refractivity contribution < 1.29 is 14.3 Å². The second kappa shape index (κ2) is 6.13. The molecule has 0 bridgehead atoms. The molecule has 20 heavy (non-hydrogen) atoms. The molecule has 2 N–H and O–H groups in total. The van der Waals surface area contributed by atoms with Gasteiger partial charge in [-0.25, -0.2) is 0 Å². The van der Waals surface area contributed by atoms with Crippen LogP contribution in [0.5, 0.6) is 0 Å². The molecule has 6 heteroatoms. The Morgan fingerprint density at radius 3 is 2.60 bits per heavy atom. The number of anilines is 1. The number of carbonyl (C=O) groups is 2. The lowest BCUT2D eigenvalue weighted by atomic mass is 9.96. The summed E-state index contributed by atoms with van der Waals surface area (Å²) in [5.74, 6) is -0.481. The van der Waals surface area contributed by atoms with E-state index in [1.165, 1.54) is 7.11 Å². The molecule has 1 aromatic carbocycles. The summed E-state index contributed by atoms with van der Waals surface area (Å²) in [5.41, 5.74) is 6.59. The lowest BCUT2D eigenvalue weighted by Gasteiger charge is -2.31. The second-order valence-corrected chi connectivity index (χ2v) is 5.24. The number of nitrogens with zero attached hydrogens (tertiary/aromatic N) is 1. The number of ether oxygens (including phenoxy) is 1. The number of halogens is 1. The number of amides is 1. The number of nitrogens with two attached hydrogens (primary N) is 1. The van der Waals surface area contributed by atoms with E-state index in [2.05, 4.69) is 0 Å². The van der Waals surface area contributed by atoms with Gasteiger partial charge in [-0.3, -0.25) is 9.59 Å². The van der Waals surface area contributed by atoms with Gasteiger partial charge < -0.3 is 15.4 Å². The van der Waals surface area contributed by atoms with Gasteiger partial charge >= 0.3 is 5.97 Å². The maximum Gasteiger partial charge on any atom is 0.308 e. The fourth-order valence-corrected chi connectivity index (χ4v) is 2.56. The van der Waals surface area contributed by atoms with Crippen LogP contribution < -0.4 is 5.73 Å². The van der Waals surface area contributed by atoms with E-state index in [-0.39, 0.29) is 17.8 Å². The minimum absolute atomic E-state index is 0.125. The third-order valence-electron chi connectivity index (χ3n) is 3.54. The highest BCUT2D eigenvalue weighted by Gasteiger charge is 2.29. The van der Waals surface area contributed by atoms with E-state index < -0.39 is 0 Å². The zero-order chi connectivity index (χ0) is 14.7. The number of carbonyl (C=O) groups excluding carboxylic acids is 2. The first kappa shape index (κ1) is 14.7. The van der Waals surface area contributed by atoms with Gasteiger partial charge in [0.2, 0.25) is 0 Å². The molecule has 0 radical (unpaired) electrons. The molecule has 1 aromatic rings. The van der Waals surface area contributed by atoms with Gasteiger partial charge in [-0.05, 0) is 31.0 Å². The van der Waals surface area contributed by atoms with Crippen LogP contribution in [-0.2, 0) is 9.53 Å². The van der Waals surface area contributed by atoms with Crippen LogP contribution >= 0.6 is 11.6 Å². The molecule has 1 saturated heterocycles. The third-order valence-corrected chi connectivity index (χ3v) is 3.87. The topological polar surface area (TPSA) is 72.6 Å². The van der Waals surface area contributed by atoms with Crippen LogP contribution in [0.4, 0.5) is 5.69 Å². The van der Waals surface area contributed by atoms with E-state index in [9.17, 15) is 9.59 Å². The fourth-order valence-electron chi connectivity index (χ4n) is 2.36. The van der Waals surface area contributed by atoms with Gasteiger partial charge in [-0.15, -0.1) is 0 Å². The molecule has 2 rings (SSSR count). The van der Waals surface area contributed by atoms with Crippen molar-refractivity contribution in [3.05, 3.63) is 28.8 Å². The zero-order valence-electron chi connectivity index (χ0n) is 11.3. The highest BCUT2D eigenvalue weighted by atomic mass is 35.5. The molecule has 0 unspecified atom stereocenters. The third kappa shape index (κ3) is 3.04. The summed E-state index contributed by atoms with van der Waals surface area (Å²) in [5, 5.41) is 0.388. The number of hydrogen-bond acceptors (Lipinski definition) is 4. The van der Waals surface area contributed by atoms with Gasteiger partial charge in [-0.1, -0.05) is 11.6 Å². The summed E-state index contributed by atoms with van der Waals surface area (Å²) < 4.78 is 4.72. The molecular weight excluding hydrogens is 280 g/mol. The van der Waals surface area contributed by atoms with Gasteiger partial charge in [-0.2, -0.15) is 0 Å². The maximum absolute atomic E-state index is 12.4. The van der Waals surface area contributed by atoms with Crippen molar-refractivity contribution in [2.24, 2.45) is 5.92 Å². The minimum Gasteiger partial charge on any atom is -0.469 e. The second-order valence-electron chi connectivity index (χ2n) is 4.83. The first-order valence-corrected chi connectivity index (χ1v) is 6.83. The Kier molecular flexibility index (Phi) is 4.49. The van der Waals surface area contributed by atoms with E-state index in [0.717, 1.165) is 0 Å². The predicted octanol–water partition coefficient (Wildman–Crippen LogP) is 1.95. The minimum atomic E-state index is -0.209. The number of likely N-dealkylation sites (tertiary alicyclic amines) is 1. The standard InChI is InChI=1S/C14H17ClN2O3/c1-20-14(19)9-4-6-17(7-5-9)13(18)11-8-10(16)2-3-12(11)15/h2-3,8-9H,4-7,16H2,1H3. The first-order valence-electron chi connectivity index (χ1n) is 6.45. The van der Waals surface area contributed by atoms with Crippen molar-refractivity contribution >= 4 is 29.2 Å². The Balaban J connectivity index is 2.05. The van der Waals surface area contributed by atoms with Crippen molar-refractivity contribution in [3.63, 3.8) is 0 Å². The molecule has 0 aliphatic carbocycles. The van der Waals surface area contributed by atoms with Crippen LogP contribution in [0.1, 0.15) is 23.2 Å². The van der Waals surface area contributed by atoms with Crippen LogP contribution in [0.3, 0.4) is 0 Å². The van der Waals surface area contributed by atoms with Crippen molar-refractivity contribution in [2.75, 3.05) is 25.9 Å². The van der Waals surface area contributed by atoms with E-state index in [4.69, 9.17) is 22.1 Å². The van der Waals surface area contributed by atoms with Crippen molar-refractivity contribution in [2.45, 2.75) is 12.8 Å². The quantitative estimate of drug-likeness (QED) is 0.669. The molecule has 0 atom stereocenters. The summed E-state index contributed by atoms with van der Waals surface area (Å²) in [4.78, 5) is 25.5. The molecular formula is C14H17ClN2O3. The van der Waals surface area contributed by atoms with E-state index >= 15 is 0 Å². The SMILES string of the molecule is COC(=O)C1CCN(C(=O)c2cc(N)ccc2Cl)CC1. The molecule has 1 aliphatic rings. The van der Waals surface area contributed by atoms with Gasteiger partial charge in [0.15, 0.2) is 0 Å². The van der Waals surface area contributed by atoms with Crippen LogP contribution in [0, 0.1) is 5.92 Å². The lowest BCUT2D eigenvalue weighted by molar-refractivity contribution is -0.146. The highest BCUT2D eigenvalue weighted by molar-refractivity contribution is 6.34. The molecule has 1 fully saturated rings. The van der Waals surface area contributed by atoms with Gasteiger partial charge in [0.1, 0.15) is 0 Å².